The van der Waals surface area contributed by atoms with Gasteiger partial charge in [-0.1, -0.05) is 22.0 Å². The van der Waals surface area contributed by atoms with Gasteiger partial charge in [-0.3, -0.25) is 9.59 Å². The summed E-state index contributed by atoms with van der Waals surface area (Å²) in [7, 11) is -3.48. The second-order valence-corrected chi connectivity index (χ2v) is 10.6. The molecule has 10 heteroatoms. The highest BCUT2D eigenvalue weighted by Gasteiger charge is 2.36. The lowest BCUT2D eigenvalue weighted by atomic mass is 9.90. The third-order valence-corrected chi connectivity index (χ3v) is 6.29. The fraction of sp³-hybridized carbons (Fsp3) is 0.474. The number of sulfonamides is 1. The Hall–Kier alpha value is -1.91. The van der Waals surface area contributed by atoms with Gasteiger partial charge in [0.15, 0.2) is 0 Å². The van der Waals surface area contributed by atoms with Crippen LogP contribution in [0.3, 0.4) is 0 Å². The molecule has 0 spiro atoms. The lowest BCUT2D eigenvalue weighted by Gasteiger charge is -2.41. The highest BCUT2D eigenvalue weighted by atomic mass is 79.9. The van der Waals surface area contributed by atoms with Crippen molar-refractivity contribution in [3.63, 3.8) is 0 Å². The first-order valence-corrected chi connectivity index (χ1v) is 12.0. The highest BCUT2D eigenvalue weighted by molar-refractivity contribution is 9.10. The Bertz CT molecular complexity index is 1050. The number of hydrogen-bond acceptors (Lipinski definition) is 4. The minimum atomic E-state index is -3.48. The van der Waals surface area contributed by atoms with E-state index in [1.807, 2.05) is 25.1 Å². The van der Waals surface area contributed by atoms with Gasteiger partial charge < -0.3 is 15.2 Å². The molecular weight excluding hydrogens is 460 g/mol. The number of H-pyrrole nitrogens is 1. The molecule has 2 atom stereocenters. The molecule has 8 nitrogen and oxygen atoms in total. The van der Waals surface area contributed by atoms with Crippen LogP contribution in [-0.4, -0.2) is 61.0 Å². The molecule has 3 N–H and O–H groups in total. The standard InChI is InChI=1S/C19H25BrN4O4S/c1-12(23-29(3,27)28)18(26)24-8-4-7-19(2,11-24)22-17(25)16-9-13-5-6-14(20)10-15(13)21-16/h5-6,9-10,12,21,23H,4,7-8,11H2,1-3H3,(H,22,25). The highest BCUT2D eigenvalue weighted by Crippen LogP contribution is 2.24. The fourth-order valence-corrected chi connectivity index (χ4v) is 4.84. The van der Waals surface area contributed by atoms with Crippen LogP contribution in [-0.2, 0) is 14.8 Å². The molecule has 3 rings (SSSR count). The first-order chi connectivity index (χ1) is 13.5. The van der Waals surface area contributed by atoms with E-state index in [-0.39, 0.29) is 11.8 Å². The molecule has 0 saturated carbocycles. The van der Waals surface area contributed by atoms with E-state index in [4.69, 9.17) is 0 Å². The first kappa shape index (κ1) is 21.8. The SMILES string of the molecule is CC(NS(C)(=O)=O)C(=O)N1CCCC(C)(NC(=O)c2cc3ccc(Br)cc3[nH]2)C1. The monoisotopic (exact) mass is 484 g/mol. The van der Waals surface area contributed by atoms with Gasteiger partial charge >= 0.3 is 0 Å². The Morgan fingerprint density at radius 1 is 1.31 bits per heavy atom. The molecule has 1 aliphatic heterocycles. The average Bonchev–Trinajstić information content (AvgIpc) is 3.02. The largest absolute Gasteiger partial charge is 0.350 e. The maximum atomic E-state index is 12.8. The third-order valence-electron chi connectivity index (χ3n) is 5.01. The number of halogens is 1. The van der Waals surface area contributed by atoms with E-state index in [1.54, 1.807) is 11.0 Å². The summed E-state index contributed by atoms with van der Waals surface area (Å²) in [6.45, 7) is 4.27. The van der Waals surface area contributed by atoms with Gasteiger partial charge in [0, 0.05) is 28.5 Å². The van der Waals surface area contributed by atoms with E-state index in [9.17, 15) is 18.0 Å². The number of benzene rings is 1. The number of likely N-dealkylation sites (tertiary alicyclic amines) is 1. The van der Waals surface area contributed by atoms with Crippen LogP contribution in [0.15, 0.2) is 28.7 Å². The Kier molecular flexibility index (Phi) is 6.07. The quantitative estimate of drug-likeness (QED) is 0.602. The van der Waals surface area contributed by atoms with E-state index < -0.39 is 21.6 Å². The number of amides is 2. The lowest BCUT2D eigenvalue weighted by Crippen LogP contribution is -2.60. The molecule has 0 aliphatic carbocycles. The number of aromatic nitrogens is 1. The van der Waals surface area contributed by atoms with E-state index in [0.717, 1.165) is 28.1 Å². The minimum absolute atomic E-state index is 0.239. The summed E-state index contributed by atoms with van der Waals surface area (Å²) in [5, 5.41) is 3.98. The number of nitrogens with one attached hydrogen (secondary N) is 3. The Labute approximate surface area is 178 Å². The van der Waals surface area contributed by atoms with Crippen LogP contribution in [0.2, 0.25) is 0 Å². The van der Waals surface area contributed by atoms with Crippen molar-refractivity contribution in [2.75, 3.05) is 19.3 Å². The zero-order valence-electron chi connectivity index (χ0n) is 16.6. The number of piperidine rings is 1. The van der Waals surface area contributed by atoms with Gasteiger partial charge in [0.05, 0.1) is 17.8 Å². The third kappa shape index (κ3) is 5.37. The molecule has 2 unspecified atom stereocenters. The summed E-state index contributed by atoms with van der Waals surface area (Å²) in [5.41, 5.74) is 0.707. The number of carbonyl (C=O) groups excluding carboxylic acids is 2. The Balaban J connectivity index is 1.70. The number of fused-ring (bicyclic) bond motifs is 1. The predicted molar refractivity (Wildman–Crippen MR) is 115 cm³/mol. The lowest BCUT2D eigenvalue weighted by molar-refractivity contribution is -0.134. The maximum absolute atomic E-state index is 12.8. The minimum Gasteiger partial charge on any atom is -0.350 e. The van der Waals surface area contributed by atoms with E-state index in [1.165, 1.54) is 6.92 Å². The first-order valence-electron chi connectivity index (χ1n) is 9.33. The maximum Gasteiger partial charge on any atom is 0.268 e. The number of rotatable bonds is 5. The average molecular weight is 485 g/mol. The van der Waals surface area contributed by atoms with Crippen molar-refractivity contribution in [2.45, 2.75) is 38.3 Å². The second-order valence-electron chi connectivity index (χ2n) is 7.90. The van der Waals surface area contributed by atoms with Crippen LogP contribution in [0.5, 0.6) is 0 Å². The van der Waals surface area contributed by atoms with Crippen LogP contribution in [0.25, 0.3) is 10.9 Å². The van der Waals surface area contributed by atoms with Crippen molar-refractivity contribution in [3.8, 4) is 0 Å². The van der Waals surface area contributed by atoms with Crippen LogP contribution >= 0.6 is 15.9 Å². The fourth-order valence-electron chi connectivity index (χ4n) is 3.74. The molecule has 1 aliphatic rings. The topological polar surface area (TPSA) is 111 Å². The van der Waals surface area contributed by atoms with Gasteiger partial charge in [-0.05, 0) is 44.9 Å². The molecule has 158 valence electrons. The van der Waals surface area contributed by atoms with Gasteiger partial charge in [-0.15, -0.1) is 0 Å². The van der Waals surface area contributed by atoms with Crippen molar-refractivity contribution < 1.29 is 18.0 Å². The normalized spacial score (nSPS) is 21.2. The smallest absolute Gasteiger partial charge is 0.268 e. The molecule has 2 aromatic rings. The molecule has 1 aromatic heterocycles. The molecule has 2 heterocycles. The van der Waals surface area contributed by atoms with E-state index in [2.05, 4.69) is 31.0 Å². The van der Waals surface area contributed by atoms with Crippen LogP contribution in [0, 0.1) is 0 Å². The summed E-state index contributed by atoms with van der Waals surface area (Å²) in [5.74, 6) is -0.539. The summed E-state index contributed by atoms with van der Waals surface area (Å²) in [6.07, 6.45) is 2.46. The van der Waals surface area contributed by atoms with Crippen molar-refractivity contribution in [2.24, 2.45) is 0 Å². The molecule has 1 saturated heterocycles. The van der Waals surface area contributed by atoms with Gasteiger partial charge in [0.2, 0.25) is 15.9 Å². The van der Waals surface area contributed by atoms with Crippen molar-refractivity contribution in [3.05, 3.63) is 34.4 Å². The van der Waals surface area contributed by atoms with Gasteiger partial charge in [-0.25, -0.2) is 13.1 Å². The number of carbonyl (C=O) groups is 2. The van der Waals surface area contributed by atoms with Crippen LogP contribution in [0.1, 0.15) is 37.2 Å². The zero-order chi connectivity index (χ0) is 21.4. The molecule has 0 radical (unpaired) electrons. The summed E-state index contributed by atoms with van der Waals surface area (Å²) >= 11 is 3.42. The molecule has 2 amide bonds. The molecular formula is C19H25BrN4O4S. The Morgan fingerprint density at radius 3 is 2.72 bits per heavy atom. The van der Waals surface area contributed by atoms with Crippen molar-refractivity contribution in [1.29, 1.82) is 0 Å². The zero-order valence-corrected chi connectivity index (χ0v) is 19.0. The van der Waals surface area contributed by atoms with Crippen molar-refractivity contribution >= 4 is 48.7 Å². The van der Waals surface area contributed by atoms with Crippen molar-refractivity contribution in [1.82, 2.24) is 19.9 Å². The summed E-state index contributed by atoms with van der Waals surface area (Å²) in [4.78, 5) is 30.2. The molecule has 29 heavy (non-hydrogen) atoms. The second kappa shape index (κ2) is 8.08. The summed E-state index contributed by atoms with van der Waals surface area (Å²) in [6, 6.07) is 6.69. The van der Waals surface area contributed by atoms with Crippen LogP contribution < -0.4 is 10.0 Å². The van der Waals surface area contributed by atoms with Gasteiger partial charge in [0.25, 0.3) is 5.91 Å². The molecule has 1 fully saturated rings. The Morgan fingerprint density at radius 2 is 2.03 bits per heavy atom. The van der Waals surface area contributed by atoms with Crippen LogP contribution in [0.4, 0.5) is 0 Å². The molecule has 1 aromatic carbocycles. The van der Waals surface area contributed by atoms with E-state index in [0.29, 0.717) is 25.2 Å². The number of hydrogen-bond donors (Lipinski definition) is 3. The molecule has 0 bridgehead atoms. The number of nitrogens with zero attached hydrogens (tertiary/aromatic N) is 1. The summed E-state index contributed by atoms with van der Waals surface area (Å²) < 4.78 is 26.1. The number of aromatic amines is 1. The van der Waals surface area contributed by atoms with Gasteiger partial charge in [-0.2, -0.15) is 0 Å². The van der Waals surface area contributed by atoms with E-state index >= 15 is 0 Å². The van der Waals surface area contributed by atoms with Gasteiger partial charge in [0.1, 0.15) is 5.69 Å². The predicted octanol–water partition coefficient (Wildman–Crippen LogP) is 1.98.